The molecule has 1 N–H and O–H groups in total. The maximum Gasteiger partial charge on any atom is 0.129 e. The minimum atomic E-state index is 0.00805. The number of rotatable bonds is 4. The Morgan fingerprint density at radius 3 is 2.68 bits per heavy atom. The van der Waals surface area contributed by atoms with E-state index in [0.717, 1.165) is 51.3 Å². The predicted octanol–water partition coefficient (Wildman–Crippen LogP) is 3.71. The van der Waals surface area contributed by atoms with Crippen LogP contribution in [-0.4, -0.2) is 41.2 Å². The number of likely N-dealkylation sites (tertiary alicyclic amines) is 1. The average Bonchev–Trinajstić information content (AvgIpc) is 3.41. The van der Waals surface area contributed by atoms with E-state index in [1.165, 1.54) is 22.6 Å². The number of methoxy groups -OCH3 is 1. The van der Waals surface area contributed by atoms with Gasteiger partial charge in [0.25, 0.3) is 0 Å². The molecule has 0 bridgehead atoms. The zero-order chi connectivity index (χ0) is 19.0. The van der Waals surface area contributed by atoms with Crippen LogP contribution in [0.2, 0.25) is 0 Å². The molecule has 0 amide bonds. The van der Waals surface area contributed by atoms with E-state index in [9.17, 15) is 0 Å². The van der Waals surface area contributed by atoms with Gasteiger partial charge in [-0.1, -0.05) is 0 Å². The van der Waals surface area contributed by atoms with Gasteiger partial charge in [0, 0.05) is 38.3 Å². The first-order valence-corrected chi connectivity index (χ1v) is 10.9. The number of piperidine rings is 1. The van der Waals surface area contributed by atoms with Crippen molar-refractivity contribution in [2.24, 2.45) is 0 Å². The molecule has 6 heteroatoms. The lowest BCUT2D eigenvalue weighted by atomic mass is 9.85. The molecule has 5 rings (SSSR count). The molecule has 1 spiro atoms. The summed E-state index contributed by atoms with van der Waals surface area (Å²) in [6.45, 7) is 5.24. The number of fused-ring (bicyclic) bond motifs is 2. The number of imidazole rings is 1. The molecular formula is C22H26N4OS. The minimum Gasteiger partial charge on any atom is -0.497 e. The molecule has 1 fully saturated rings. The molecular weight excluding hydrogens is 368 g/mol. The SMILES string of the molecule is COc1ccc(-c2cnc3n2CCNC32CCN(Cc3ccsc3)CC2)cc1. The minimum absolute atomic E-state index is 0.00805. The summed E-state index contributed by atoms with van der Waals surface area (Å²) in [5.41, 5.74) is 3.85. The molecule has 28 heavy (non-hydrogen) atoms. The van der Waals surface area contributed by atoms with Crippen molar-refractivity contribution in [3.63, 3.8) is 0 Å². The Labute approximate surface area is 170 Å². The number of aromatic nitrogens is 2. The third-order valence-electron chi connectivity index (χ3n) is 6.16. The maximum atomic E-state index is 5.30. The summed E-state index contributed by atoms with van der Waals surface area (Å²) in [5, 5.41) is 8.25. The second kappa shape index (κ2) is 7.35. The van der Waals surface area contributed by atoms with Gasteiger partial charge in [0.1, 0.15) is 11.6 Å². The zero-order valence-corrected chi connectivity index (χ0v) is 17.0. The Hall–Kier alpha value is -2.15. The van der Waals surface area contributed by atoms with Crippen molar-refractivity contribution >= 4 is 11.3 Å². The summed E-state index contributed by atoms with van der Waals surface area (Å²) < 4.78 is 7.72. The first-order valence-electron chi connectivity index (χ1n) is 9.96. The van der Waals surface area contributed by atoms with E-state index >= 15 is 0 Å². The van der Waals surface area contributed by atoms with Gasteiger partial charge in [-0.3, -0.25) is 4.90 Å². The van der Waals surface area contributed by atoms with E-state index in [-0.39, 0.29) is 5.54 Å². The molecule has 0 unspecified atom stereocenters. The monoisotopic (exact) mass is 394 g/mol. The Morgan fingerprint density at radius 1 is 1.14 bits per heavy atom. The number of thiophene rings is 1. The second-order valence-corrected chi connectivity index (χ2v) is 8.54. The predicted molar refractivity (Wildman–Crippen MR) is 113 cm³/mol. The summed E-state index contributed by atoms with van der Waals surface area (Å²) in [6, 6.07) is 10.5. The van der Waals surface area contributed by atoms with Crippen LogP contribution in [0, 0.1) is 0 Å². The highest BCUT2D eigenvalue weighted by molar-refractivity contribution is 7.07. The summed E-state index contributed by atoms with van der Waals surface area (Å²) in [7, 11) is 1.70. The number of nitrogens with one attached hydrogen (secondary N) is 1. The highest BCUT2D eigenvalue weighted by Crippen LogP contribution is 2.37. The van der Waals surface area contributed by atoms with E-state index in [0.29, 0.717) is 0 Å². The average molecular weight is 395 g/mol. The van der Waals surface area contributed by atoms with Gasteiger partial charge >= 0.3 is 0 Å². The van der Waals surface area contributed by atoms with Crippen LogP contribution in [0.25, 0.3) is 11.3 Å². The van der Waals surface area contributed by atoms with Crippen LogP contribution in [0.4, 0.5) is 0 Å². The normalized spacial score (nSPS) is 18.9. The number of ether oxygens (including phenoxy) is 1. The fraction of sp³-hybridized carbons (Fsp3) is 0.409. The van der Waals surface area contributed by atoms with Crippen LogP contribution in [0.15, 0.2) is 47.3 Å². The van der Waals surface area contributed by atoms with Gasteiger partial charge in [-0.2, -0.15) is 11.3 Å². The standard InChI is InChI=1S/C22H26N4OS/c1-27-19-4-2-18(3-5-19)20-14-23-21-22(24-9-12-26(20)21)7-10-25(11-8-22)15-17-6-13-28-16-17/h2-6,13-14,16,24H,7-12,15H2,1H3. The largest absolute Gasteiger partial charge is 0.497 e. The quantitative estimate of drug-likeness (QED) is 0.732. The van der Waals surface area contributed by atoms with E-state index in [1.54, 1.807) is 18.4 Å². The molecule has 2 aliphatic rings. The van der Waals surface area contributed by atoms with Crippen molar-refractivity contribution in [2.45, 2.75) is 31.5 Å². The van der Waals surface area contributed by atoms with Crippen LogP contribution in [0.5, 0.6) is 5.75 Å². The molecule has 0 aliphatic carbocycles. The molecule has 0 radical (unpaired) electrons. The molecule has 2 aromatic heterocycles. The van der Waals surface area contributed by atoms with E-state index in [4.69, 9.17) is 9.72 Å². The summed E-state index contributed by atoms with van der Waals surface area (Å²) in [4.78, 5) is 7.48. The Kier molecular flexibility index (Phi) is 4.70. The van der Waals surface area contributed by atoms with Gasteiger partial charge in [-0.25, -0.2) is 4.98 Å². The van der Waals surface area contributed by atoms with Gasteiger partial charge in [-0.15, -0.1) is 0 Å². The molecule has 3 aromatic rings. The number of hydrogen-bond donors (Lipinski definition) is 1. The lowest BCUT2D eigenvalue weighted by Crippen LogP contribution is -2.55. The van der Waals surface area contributed by atoms with E-state index in [2.05, 4.69) is 43.7 Å². The number of hydrogen-bond acceptors (Lipinski definition) is 5. The van der Waals surface area contributed by atoms with Crippen molar-refractivity contribution in [1.82, 2.24) is 19.8 Å². The molecule has 0 atom stereocenters. The van der Waals surface area contributed by atoms with Crippen molar-refractivity contribution in [3.05, 3.63) is 58.7 Å². The van der Waals surface area contributed by atoms with Gasteiger partial charge in [0.15, 0.2) is 0 Å². The highest BCUT2D eigenvalue weighted by atomic mass is 32.1. The lowest BCUT2D eigenvalue weighted by molar-refractivity contribution is 0.109. The van der Waals surface area contributed by atoms with E-state index < -0.39 is 0 Å². The molecule has 1 aromatic carbocycles. The number of nitrogens with zero attached hydrogens (tertiary/aromatic N) is 3. The second-order valence-electron chi connectivity index (χ2n) is 7.76. The highest BCUT2D eigenvalue weighted by Gasteiger charge is 2.41. The number of benzene rings is 1. The van der Waals surface area contributed by atoms with Crippen molar-refractivity contribution < 1.29 is 4.74 Å². The van der Waals surface area contributed by atoms with Crippen LogP contribution in [-0.2, 0) is 18.6 Å². The fourth-order valence-corrected chi connectivity index (χ4v) is 5.26. The lowest BCUT2D eigenvalue weighted by Gasteiger charge is -2.44. The van der Waals surface area contributed by atoms with Crippen molar-refractivity contribution in [2.75, 3.05) is 26.7 Å². The smallest absolute Gasteiger partial charge is 0.129 e. The molecule has 146 valence electrons. The topological polar surface area (TPSA) is 42.3 Å². The maximum absolute atomic E-state index is 5.30. The van der Waals surface area contributed by atoms with Gasteiger partial charge in [0.2, 0.25) is 0 Å². The van der Waals surface area contributed by atoms with Gasteiger partial charge < -0.3 is 14.6 Å². The first kappa shape index (κ1) is 17.9. The van der Waals surface area contributed by atoms with Crippen LogP contribution >= 0.6 is 11.3 Å². The van der Waals surface area contributed by atoms with E-state index in [1.807, 2.05) is 18.3 Å². The van der Waals surface area contributed by atoms with Crippen LogP contribution < -0.4 is 10.1 Å². The summed E-state index contributed by atoms with van der Waals surface area (Å²) in [5.74, 6) is 2.10. The third-order valence-corrected chi connectivity index (χ3v) is 6.90. The zero-order valence-electron chi connectivity index (χ0n) is 16.2. The fourth-order valence-electron chi connectivity index (χ4n) is 4.60. The molecule has 0 saturated carbocycles. The Balaban J connectivity index is 1.37. The van der Waals surface area contributed by atoms with Crippen LogP contribution in [0.1, 0.15) is 24.2 Å². The van der Waals surface area contributed by atoms with Crippen molar-refractivity contribution in [3.8, 4) is 17.0 Å². The summed E-state index contributed by atoms with van der Waals surface area (Å²) >= 11 is 1.78. The molecule has 2 aliphatic heterocycles. The first-order chi connectivity index (χ1) is 13.8. The molecule has 4 heterocycles. The van der Waals surface area contributed by atoms with Crippen molar-refractivity contribution in [1.29, 1.82) is 0 Å². The Morgan fingerprint density at radius 2 is 1.96 bits per heavy atom. The summed E-state index contributed by atoms with van der Waals surface area (Å²) in [6.07, 6.45) is 4.26. The van der Waals surface area contributed by atoms with Gasteiger partial charge in [-0.05, 0) is 59.5 Å². The molecule has 5 nitrogen and oxygen atoms in total. The Bertz CT molecular complexity index is 924. The van der Waals surface area contributed by atoms with Gasteiger partial charge in [0.05, 0.1) is 24.5 Å². The van der Waals surface area contributed by atoms with Crippen LogP contribution in [0.3, 0.4) is 0 Å². The molecule has 1 saturated heterocycles. The third kappa shape index (κ3) is 3.15.